The fourth-order valence-electron chi connectivity index (χ4n) is 1.69. The average Bonchev–Trinajstić information content (AvgIpc) is 2.61. The number of hydrogen-bond donors (Lipinski definition) is 2. The van der Waals surface area contributed by atoms with E-state index in [9.17, 15) is 0 Å². The van der Waals surface area contributed by atoms with Gasteiger partial charge in [0.25, 0.3) is 0 Å². The van der Waals surface area contributed by atoms with E-state index in [1.807, 2.05) is 6.07 Å². The van der Waals surface area contributed by atoms with E-state index >= 15 is 0 Å². The summed E-state index contributed by atoms with van der Waals surface area (Å²) in [6, 6.07) is 4.90. The molecular weight excluding hydrogens is 242 g/mol. The van der Waals surface area contributed by atoms with E-state index in [1.165, 1.54) is 4.88 Å². The first kappa shape index (κ1) is 14.0. The van der Waals surface area contributed by atoms with Gasteiger partial charge >= 0.3 is 0 Å². The topological polar surface area (TPSA) is 32.3 Å². The van der Waals surface area contributed by atoms with Crippen molar-refractivity contribution in [2.45, 2.75) is 45.2 Å². The van der Waals surface area contributed by atoms with Gasteiger partial charge in [-0.1, -0.05) is 11.6 Å². The van der Waals surface area contributed by atoms with Crippen LogP contribution in [0.15, 0.2) is 12.1 Å². The van der Waals surface area contributed by atoms with E-state index in [-0.39, 0.29) is 6.61 Å². The van der Waals surface area contributed by atoms with Crippen LogP contribution in [0.25, 0.3) is 0 Å². The van der Waals surface area contributed by atoms with E-state index < -0.39 is 0 Å². The molecule has 2 N–H and O–H groups in total. The van der Waals surface area contributed by atoms with Gasteiger partial charge in [0.15, 0.2) is 0 Å². The predicted octanol–water partition coefficient (Wildman–Crippen LogP) is 3.08. The van der Waals surface area contributed by atoms with Gasteiger partial charge in [0.05, 0.1) is 4.34 Å². The Labute approximate surface area is 107 Å². The molecule has 0 aliphatic rings. The largest absolute Gasteiger partial charge is 0.396 e. The zero-order chi connectivity index (χ0) is 12.0. The minimum Gasteiger partial charge on any atom is -0.396 e. The molecule has 0 amide bonds. The lowest BCUT2D eigenvalue weighted by atomic mass is 10.1. The SMILES string of the molecule is CC(CCO)NC(C)CCc1ccc(Cl)s1. The number of rotatable bonds is 7. The van der Waals surface area contributed by atoms with Crippen LogP contribution in [0, 0.1) is 0 Å². The molecule has 0 fully saturated rings. The zero-order valence-corrected chi connectivity index (χ0v) is 11.4. The van der Waals surface area contributed by atoms with Crippen LogP contribution < -0.4 is 5.32 Å². The van der Waals surface area contributed by atoms with Gasteiger partial charge in [-0.15, -0.1) is 11.3 Å². The van der Waals surface area contributed by atoms with Crippen molar-refractivity contribution >= 4 is 22.9 Å². The highest BCUT2D eigenvalue weighted by Gasteiger charge is 2.07. The van der Waals surface area contributed by atoms with E-state index in [0.717, 1.165) is 23.6 Å². The predicted molar refractivity (Wildman–Crippen MR) is 71.4 cm³/mol. The standard InChI is InChI=1S/C12H20ClNOS/c1-9(14-10(2)7-8-15)3-4-11-5-6-12(13)16-11/h5-6,9-10,14-15H,3-4,7-8H2,1-2H3. The summed E-state index contributed by atoms with van der Waals surface area (Å²) in [4.78, 5) is 1.34. The number of aliphatic hydroxyl groups excluding tert-OH is 1. The van der Waals surface area contributed by atoms with Gasteiger partial charge in [0.1, 0.15) is 0 Å². The highest BCUT2D eigenvalue weighted by atomic mass is 35.5. The molecule has 0 aliphatic carbocycles. The number of halogens is 1. The molecule has 0 aromatic carbocycles. The molecule has 0 radical (unpaired) electrons. The molecule has 16 heavy (non-hydrogen) atoms. The molecule has 0 aliphatic heterocycles. The molecule has 4 heteroatoms. The van der Waals surface area contributed by atoms with Crippen LogP contribution >= 0.6 is 22.9 Å². The molecule has 0 saturated carbocycles. The molecule has 0 bridgehead atoms. The third-order valence-corrected chi connectivity index (χ3v) is 3.87. The van der Waals surface area contributed by atoms with Crippen molar-refractivity contribution in [1.29, 1.82) is 0 Å². The van der Waals surface area contributed by atoms with Gasteiger partial charge in [0, 0.05) is 23.6 Å². The van der Waals surface area contributed by atoms with Gasteiger partial charge in [-0.05, 0) is 45.2 Å². The number of nitrogens with one attached hydrogen (secondary N) is 1. The van der Waals surface area contributed by atoms with Gasteiger partial charge in [-0.3, -0.25) is 0 Å². The summed E-state index contributed by atoms with van der Waals surface area (Å²) >= 11 is 7.53. The van der Waals surface area contributed by atoms with E-state index in [0.29, 0.717) is 12.1 Å². The lowest BCUT2D eigenvalue weighted by Crippen LogP contribution is -2.35. The van der Waals surface area contributed by atoms with Crippen LogP contribution in [0.5, 0.6) is 0 Å². The Balaban J connectivity index is 2.22. The Kier molecular flexibility index (Phi) is 6.36. The van der Waals surface area contributed by atoms with Crippen molar-refractivity contribution in [2.24, 2.45) is 0 Å². The number of hydrogen-bond acceptors (Lipinski definition) is 3. The lowest BCUT2D eigenvalue weighted by Gasteiger charge is -2.18. The lowest BCUT2D eigenvalue weighted by molar-refractivity contribution is 0.263. The first-order chi connectivity index (χ1) is 7.61. The molecule has 2 atom stereocenters. The van der Waals surface area contributed by atoms with E-state index in [4.69, 9.17) is 16.7 Å². The smallest absolute Gasteiger partial charge is 0.0931 e. The molecule has 0 spiro atoms. The van der Waals surface area contributed by atoms with Gasteiger partial charge < -0.3 is 10.4 Å². The van der Waals surface area contributed by atoms with Crippen LogP contribution in [0.4, 0.5) is 0 Å². The molecule has 1 heterocycles. The Hall–Kier alpha value is -0.0900. The third-order valence-electron chi connectivity index (χ3n) is 2.58. The maximum Gasteiger partial charge on any atom is 0.0931 e. The van der Waals surface area contributed by atoms with Crippen molar-refractivity contribution in [2.75, 3.05) is 6.61 Å². The number of thiophene rings is 1. The highest BCUT2D eigenvalue weighted by molar-refractivity contribution is 7.16. The Morgan fingerprint density at radius 3 is 2.56 bits per heavy atom. The fraction of sp³-hybridized carbons (Fsp3) is 0.667. The quantitative estimate of drug-likeness (QED) is 0.791. The van der Waals surface area contributed by atoms with Crippen LogP contribution in [0.1, 0.15) is 31.6 Å². The summed E-state index contributed by atoms with van der Waals surface area (Å²) in [5.74, 6) is 0. The van der Waals surface area contributed by atoms with Gasteiger partial charge in [-0.2, -0.15) is 0 Å². The van der Waals surface area contributed by atoms with Crippen molar-refractivity contribution < 1.29 is 5.11 Å². The highest BCUT2D eigenvalue weighted by Crippen LogP contribution is 2.22. The summed E-state index contributed by atoms with van der Waals surface area (Å²) in [6.07, 6.45) is 2.99. The molecular formula is C12H20ClNOS. The molecule has 1 aromatic rings. The minimum absolute atomic E-state index is 0.251. The number of aliphatic hydroxyl groups is 1. The Bertz CT molecular complexity index is 303. The zero-order valence-electron chi connectivity index (χ0n) is 9.87. The summed E-state index contributed by atoms with van der Waals surface area (Å²) in [5, 5.41) is 12.3. The second kappa shape index (κ2) is 7.28. The molecule has 0 saturated heterocycles. The van der Waals surface area contributed by atoms with Crippen LogP contribution in [0.3, 0.4) is 0 Å². The summed E-state index contributed by atoms with van der Waals surface area (Å²) in [5.41, 5.74) is 0. The van der Waals surface area contributed by atoms with Crippen molar-refractivity contribution in [1.82, 2.24) is 5.32 Å². The second-order valence-electron chi connectivity index (χ2n) is 4.23. The van der Waals surface area contributed by atoms with Crippen LogP contribution in [-0.2, 0) is 6.42 Å². The monoisotopic (exact) mass is 261 g/mol. The maximum absolute atomic E-state index is 8.81. The molecule has 1 aromatic heterocycles. The molecule has 92 valence electrons. The maximum atomic E-state index is 8.81. The average molecular weight is 262 g/mol. The second-order valence-corrected chi connectivity index (χ2v) is 6.03. The third kappa shape index (κ3) is 5.30. The number of aryl methyl sites for hydroxylation is 1. The summed E-state index contributed by atoms with van der Waals surface area (Å²) in [6.45, 7) is 4.54. The molecule has 2 nitrogen and oxygen atoms in total. The normalized spacial score (nSPS) is 15.0. The summed E-state index contributed by atoms with van der Waals surface area (Å²) in [7, 11) is 0. The van der Waals surface area contributed by atoms with Crippen molar-refractivity contribution in [3.63, 3.8) is 0 Å². The minimum atomic E-state index is 0.251. The Morgan fingerprint density at radius 1 is 1.31 bits per heavy atom. The van der Waals surface area contributed by atoms with Crippen LogP contribution in [0.2, 0.25) is 4.34 Å². The first-order valence-corrected chi connectivity index (χ1v) is 6.92. The van der Waals surface area contributed by atoms with E-state index in [1.54, 1.807) is 11.3 Å². The Morgan fingerprint density at radius 2 is 2.00 bits per heavy atom. The van der Waals surface area contributed by atoms with Crippen LogP contribution in [-0.4, -0.2) is 23.8 Å². The van der Waals surface area contributed by atoms with E-state index in [2.05, 4.69) is 25.2 Å². The fourth-order valence-corrected chi connectivity index (χ4v) is 2.79. The van der Waals surface area contributed by atoms with Gasteiger partial charge in [-0.25, -0.2) is 0 Å². The summed E-state index contributed by atoms with van der Waals surface area (Å²) < 4.78 is 0.865. The van der Waals surface area contributed by atoms with Crippen molar-refractivity contribution in [3.8, 4) is 0 Å². The van der Waals surface area contributed by atoms with Crippen molar-refractivity contribution in [3.05, 3.63) is 21.3 Å². The first-order valence-electron chi connectivity index (χ1n) is 5.73. The molecule has 2 unspecified atom stereocenters. The molecule has 1 rings (SSSR count). The van der Waals surface area contributed by atoms with Gasteiger partial charge in [0.2, 0.25) is 0 Å².